The predicted octanol–water partition coefficient (Wildman–Crippen LogP) is 1.87. The maximum absolute atomic E-state index is 10.2. The number of aliphatic hydroxyl groups is 2. The van der Waals surface area contributed by atoms with E-state index in [-0.39, 0.29) is 6.61 Å². The molecule has 3 rings (SSSR count). The second-order valence-electron chi connectivity index (χ2n) is 7.56. The van der Waals surface area contributed by atoms with Crippen LogP contribution in [0.1, 0.15) is 37.7 Å². The van der Waals surface area contributed by atoms with Gasteiger partial charge in [-0.25, -0.2) is 0 Å². The van der Waals surface area contributed by atoms with E-state index in [1.165, 1.54) is 32.4 Å². The Morgan fingerprint density at radius 1 is 1.04 bits per heavy atom. The highest BCUT2D eigenvalue weighted by Crippen LogP contribution is 2.26. The molecule has 2 N–H and O–H groups in total. The Balaban J connectivity index is 1.46. The number of benzene rings is 1. The van der Waals surface area contributed by atoms with Crippen LogP contribution in [0.25, 0.3) is 0 Å². The van der Waals surface area contributed by atoms with Crippen molar-refractivity contribution in [3.63, 3.8) is 0 Å². The first-order valence-electron chi connectivity index (χ1n) is 9.67. The second kappa shape index (κ2) is 8.99. The second-order valence-corrected chi connectivity index (χ2v) is 7.56. The monoisotopic (exact) mass is 348 g/mol. The van der Waals surface area contributed by atoms with Crippen molar-refractivity contribution in [3.8, 4) is 5.75 Å². The van der Waals surface area contributed by atoms with Crippen molar-refractivity contribution < 1.29 is 14.9 Å². The van der Waals surface area contributed by atoms with Gasteiger partial charge in [0.1, 0.15) is 11.4 Å². The molecular formula is C20H32N2O3. The number of hydrogen-bond donors (Lipinski definition) is 2. The molecule has 0 bridgehead atoms. The number of β-amino-alcohol motifs (C(OH)–C–C–N with tert-alkyl or cyclic N) is 1. The highest BCUT2D eigenvalue weighted by Gasteiger charge is 2.35. The Hall–Kier alpha value is -1.14. The van der Waals surface area contributed by atoms with Gasteiger partial charge in [0.05, 0.1) is 13.2 Å². The standard InChI is InChI=1S/C20H32N2O3/c23-17-20(24)9-13-22(16-20)15-18-7-2-3-8-19(18)25-14-6-12-21-10-4-1-5-11-21/h2-3,7-8,23-24H,1,4-6,9-17H2. The summed E-state index contributed by atoms with van der Waals surface area (Å²) in [6.07, 6.45) is 5.73. The van der Waals surface area contributed by atoms with Crippen molar-refractivity contribution in [3.05, 3.63) is 29.8 Å². The number of piperidine rings is 1. The number of para-hydroxylation sites is 1. The van der Waals surface area contributed by atoms with Gasteiger partial charge in [0.2, 0.25) is 0 Å². The van der Waals surface area contributed by atoms with Crippen LogP contribution in [-0.2, 0) is 6.54 Å². The van der Waals surface area contributed by atoms with Crippen LogP contribution in [0.3, 0.4) is 0 Å². The Labute approximate surface area is 151 Å². The molecule has 1 aromatic carbocycles. The van der Waals surface area contributed by atoms with E-state index in [1.807, 2.05) is 18.2 Å². The van der Waals surface area contributed by atoms with E-state index in [0.717, 1.165) is 44.0 Å². The van der Waals surface area contributed by atoms with Crippen LogP contribution in [0.15, 0.2) is 24.3 Å². The van der Waals surface area contributed by atoms with E-state index in [9.17, 15) is 10.2 Å². The van der Waals surface area contributed by atoms with Gasteiger partial charge in [-0.05, 0) is 44.8 Å². The number of likely N-dealkylation sites (tertiary alicyclic amines) is 2. The molecule has 2 aliphatic rings. The lowest BCUT2D eigenvalue weighted by Crippen LogP contribution is -2.36. The summed E-state index contributed by atoms with van der Waals surface area (Å²) in [6, 6.07) is 8.17. The number of nitrogens with zero attached hydrogens (tertiary/aromatic N) is 2. The summed E-state index contributed by atoms with van der Waals surface area (Å²) in [7, 11) is 0. The van der Waals surface area contributed by atoms with Crippen LogP contribution in [0.2, 0.25) is 0 Å². The van der Waals surface area contributed by atoms with Crippen molar-refractivity contribution in [2.75, 3.05) is 45.9 Å². The Morgan fingerprint density at radius 2 is 1.84 bits per heavy atom. The molecule has 25 heavy (non-hydrogen) atoms. The third-order valence-corrected chi connectivity index (χ3v) is 5.40. The Morgan fingerprint density at radius 3 is 2.60 bits per heavy atom. The number of rotatable bonds is 8. The molecule has 0 aromatic heterocycles. The smallest absolute Gasteiger partial charge is 0.123 e. The molecular weight excluding hydrogens is 316 g/mol. The summed E-state index contributed by atoms with van der Waals surface area (Å²) in [6.45, 7) is 6.25. The topological polar surface area (TPSA) is 56.2 Å². The quantitative estimate of drug-likeness (QED) is 0.703. The third-order valence-electron chi connectivity index (χ3n) is 5.40. The zero-order valence-corrected chi connectivity index (χ0v) is 15.2. The van der Waals surface area contributed by atoms with Gasteiger partial charge >= 0.3 is 0 Å². The predicted molar refractivity (Wildman–Crippen MR) is 98.8 cm³/mol. The van der Waals surface area contributed by atoms with Gasteiger partial charge in [-0.2, -0.15) is 0 Å². The summed E-state index contributed by atoms with van der Waals surface area (Å²) in [5.74, 6) is 0.945. The summed E-state index contributed by atoms with van der Waals surface area (Å²) in [5.41, 5.74) is 0.215. The average Bonchev–Trinajstić information content (AvgIpc) is 3.02. The van der Waals surface area contributed by atoms with Gasteiger partial charge in [0.15, 0.2) is 0 Å². The van der Waals surface area contributed by atoms with Gasteiger partial charge in [0, 0.05) is 31.7 Å². The zero-order valence-electron chi connectivity index (χ0n) is 15.2. The summed E-state index contributed by atoms with van der Waals surface area (Å²) in [4.78, 5) is 4.73. The molecule has 5 nitrogen and oxygen atoms in total. The van der Waals surface area contributed by atoms with Gasteiger partial charge in [-0.3, -0.25) is 4.90 Å². The van der Waals surface area contributed by atoms with Crippen LogP contribution < -0.4 is 4.74 Å². The fourth-order valence-electron chi connectivity index (χ4n) is 3.87. The minimum absolute atomic E-state index is 0.169. The largest absolute Gasteiger partial charge is 0.493 e. The molecule has 1 atom stereocenters. The molecule has 0 saturated carbocycles. The molecule has 1 aromatic rings. The molecule has 2 heterocycles. The van der Waals surface area contributed by atoms with Crippen LogP contribution >= 0.6 is 0 Å². The van der Waals surface area contributed by atoms with Gasteiger partial charge in [-0.15, -0.1) is 0 Å². The molecule has 0 spiro atoms. The number of ether oxygens (including phenoxy) is 1. The lowest BCUT2D eigenvalue weighted by atomic mass is 10.1. The SMILES string of the molecule is OCC1(O)CCN(Cc2ccccc2OCCCN2CCCCC2)C1. The van der Waals surface area contributed by atoms with Crippen LogP contribution in [0.4, 0.5) is 0 Å². The Kier molecular flexibility index (Phi) is 6.70. The van der Waals surface area contributed by atoms with Gasteiger partial charge in [0.25, 0.3) is 0 Å². The molecule has 0 amide bonds. The molecule has 140 valence electrons. The molecule has 5 heteroatoms. The first-order chi connectivity index (χ1) is 12.2. The summed E-state index contributed by atoms with van der Waals surface area (Å²) >= 11 is 0. The van der Waals surface area contributed by atoms with Crippen molar-refractivity contribution in [1.29, 1.82) is 0 Å². The molecule has 1 unspecified atom stereocenters. The molecule has 0 aliphatic carbocycles. The molecule has 2 saturated heterocycles. The minimum atomic E-state index is -0.940. The normalized spacial score (nSPS) is 25.4. The van der Waals surface area contributed by atoms with Gasteiger partial charge in [-0.1, -0.05) is 24.6 Å². The highest BCUT2D eigenvalue weighted by molar-refractivity contribution is 5.33. The van der Waals surface area contributed by atoms with Gasteiger partial charge < -0.3 is 19.8 Å². The lowest BCUT2D eigenvalue weighted by Gasteiger charge is -2.26. The van der Waals surface area contributed by atoms with E-state index in [1.54, 1.807) is 0 Å². The fraction of sp³-hybridized carbons (Fsp3) is 0.700. The summed E-state index contributed by atoms with van der Waals surface area (Å²) in [5, 5.41) is 19.5. The highest BCUT2D eigenvalue weighted by atomic mass is 16.5. The van der Waals surface area contributed by atoms with Crippen LogP contribution in [0.5, 0.6) is 5.75 Å². The maximum atomic E-state index is 10.2. The zero-order chi connectivity index (χ0) is 17.5. The van der Waals surface area contributed by atoms with E-state index in [4.69, 9.17) is 4.74 Å². The first kappa shape index (κ1) is 18.6. The minimum Gasteiger partial charge on any atom is -0.493 e. The van der Waals surface area contributed by atoms with Crippen LogP contribution in [-0.4, -0.2) is 71.6 Å². The van der Waals surface area contributed by atoms with E-state index in [2.05, 4.69) is 15.9 Å². The van der Waals surface area contributed by atoms with Crippen molar-refractivity contribution in [2.45, 2.75) is 44.2 Å². The van der Waals surface area contributed by atoms with Crippen molar-refractivity contribution >= 4 is 0 Å². The van der Waals surface area contributed by atoms with Crippen molar-refractivity contribution in [2.24, 2.45) is 0 Å². The molecule has 2 aliphatic heterocycles. The first-order valence-corrected chi connectivity index (χ1v) is 9.67. The molecule has 0 radical (unpaired) electrons. The van der Waals surface area contributed by atoms with Crippen LogP contribution in [0, 0.1) is 0 Å². The summed E-state index contributed by atoms with van der Waals surface area (Å²) < 4.78 is 6.05. The third kappa shape index (κ3) is 5.42. The Bertz CT molecular complexity index is 533. The fourth-order valence-corrected chi connectivity index (χ4v) is 3.87. The average molecular weight is 348 g/mol. The molecule has 2 fully saturated rings. The van der Waals surface area contributed by atoms with E-state index < -0.39 is 5.60 Å². The number of hydrogen-bond acceptors (Lipinski definition) is 5. The number of aliphatic hydroxyl groups excluding tert-OH is 1. The lowest BCUT2D eigenvalue weighted by molar-refractivity contribution is -0.00585. The van der Waals surface area contributed by atoms with Crippen molar-refractivity contribution in [1.82, 2.24) is 9.80 Å². The maximum Gasteiger partial charge on any atom is 0.123 e. The van der Waals surface area contributed by atoms with E-state index >= 15 is 0 Å². The van der Waals surface area contributed by atoms with E-state index in [0.29, 0.717) is 13.0 Å².